The minimum absolute atomic E-state index is 0.00522. The van der Waals surface area contributed by atoms with Crippen LogP contribution in [0.25, 0.3) is 0 Å². The van der Waals surface area contributed by atoms with Gasteiger partial charge in [0.25, 0.3) is 5.91 Å². The highest BCUT2D eigenvalue weighted by Gasteiger charge is 2.30. The summed E-state index contributed by atoms with van der Waals surface area (Å²) in [6.45, 7) is 1.68. The van der Waals surface area contributed by atoms with Crippen molar-refractivity contribution in [3.8, 4) is 17.2 Å². The van der Waals surface area contributed by atoms with E-state index in [1.54, 1.807) is 17.0 Å². The van der Waals surface area contributed by atoms with Gasteiger partial charge in [0.2, 0.25) is 12.7 Å². The van der Waals surface area contributed by atoms with Crippen molar-refractivity contribution < 1.29 is 28.5 Å². The zero-order valence-electron chi connectivity index (χ0n) is 17.1. The number of nitrogens with zero attached hydrogens (tertiary/aromatic N) is 2. The van der Waals surface area contributed by atoms with Gasteiger partial charge in [-0.1, -0.05) is 18.2 Å². The van der Waals surface area contributed by atoms with Crippen LogP contribution in [0, 0.1) is 0 Å². The van der Waals surface area contributed by atoms with Crippen LogP contribution in [0.5, 0.6) is 17.2 Å². The van der Waals surface area contributed by atoms with Gasteiger partial charge in [-0.25, -0.2) is 0 Å². The van der Waals surface area contributed by atoms with Crippen molar-refractivity contribution in [1.82, 2.24) is 4.90 Å². The molecule has 0 radical (unpaired) electrons. The molecule has 0 unspecified atom stereocenters. The second-order valence-corrected chi connectivity index (χ2v) is 7.83. The van der Waals surface area contributed by atoms with Gasteiger partial charge >= 0.3 is 0 Å². The fourth-order valence-electron chi connectivity index (χ4n) is 4.11. The molecule has 1 atom stereocenters. The molecule has 2 amide bonds. The van der Waals surface area contributed by atoms with Gasteiger partial charge in [0.05, 0.1) is 11.8 Å². The van der Waals surface area contributed by atoms with Crippen LogP contribution in [0.3, 0.4) is 0 Å². The number of carbonyl (C=O) groups is 2. The fraction of sp³-hybridized carbons (Fsp3) is 0.391. The first kappa shape index (κ1) is 19.7. The fourth-order valence-corrected chi connectivity index (χ4v) is 4.11. The van der Waals surface area contributed by atoms with Crippen molar-refractivity contribution in [2.24, 2.45) is 0 Å². The molecule has 0 bridgehead atoms. The van der Waals surface area contributed by atoms with Gasteiger partial charge < -0.3 is 23.8 Å². The van der Waals surface area contributed by atoms with Gasteiger partial charge in [0.15, 0.2) is 18.1 Å². The summed E-state index contributed by atoms with van der Waals surface area (Å²) in [6.07, 6.45) is 1.92. The van der Waals surface area contributed by atoms with E-state index in [2.05, 4.69) is 0 Å². The van der Waals surface area contributed by atoms with E-state index in [0.29, 0.717) is 42.6 Å². The Morgan fingerprint density at radius 1 is 1.06 bits per heavy atom. The van der Waals surface area contributed by atoms with Crippen LogP contribution in [0.4, 0.5) is 5.69 Å². The molecule has 1 fully saturated rings. The van der Waals surface area contributed by atoms with Gasteiger partial charge in [-0.05, 0) is 42.7 Å². The molecule has 31 heavy (non-hydrogen) atoms. The molecule has 1 saturated heterocycles. The molecule has 0 aromatic heterocycles. The highest BCUT2D eigenvalue weighted by Crippen LogP contribution is 2.34. The van der Waals surface area contributed by atoms with Crippen LogP contribution in [0.1, 0.15) is 18.4 Å². The molecule has 3 aliphatic heterocycles. The Hall–Kier alpha value is -3.26. The lowest BCUT2D eigenvalue weighted by atomic mass is 10.1. The number of hydrogen-bond acceptors (Lipinski definition) is 6. The SMILES string of the molecule is O=C(CN1C(=O)COc2ccccc21)N(Cc1ccc2c(c1)OCO2)C[C@H]1CCCO1. The normalized spacial score (nSPS) is 19.2. The molecule has 2 aromatic carbocycles. The molecule has 2 aromatic rings. The first-order valence-electron chi connectivity index (χ1n) is 10.5. The van der Waals surface area contributed by atoms with Crippen molar-refractivity contribution in [3.05, 3.63) is 48.0 Å². The maximum absolute atomic E-state index is 13.4. The average molecular weight is 424 g/mol. The number of amides is 2. The topological polar surface area (TPSA) is 77.5 Å². The summed E-state index contributed by atoms with van der Waals surface area (Å²) >= 11 is 0. The predicted octanol–water partition coefficient (Wildman–Crippen LogP) is 2.35. The maximum Gasteiger partial charge on any atom is 0.265 e. The van der Waals surface area contributed by atoms with Crippen LogP contribution in [-0.4, -0.2) is 55.9 Å². The summed E-state index contributed by atoms with van der Waals surface area (Å²) in [7, 11) is 0. The van der Waals surface area contributed by atoms with Crippen molar-refractivity contribution in [2.45, 2.75) is 25.5 Å². The minimum atomic E-state index is -0.229. The lowest BCUT2D eigenvalue weighted by Gasteiger charge is -2.32. The second-order valence-electron chi connectivity index (χ2n) is 7.83. The Bertz CT molecular complexity index is 988. The maximum atomic E-state index is 13.4. The summed E-state index contributed by atoms with van der Waals surface area (Å²) in [5, 5.41) is 0. The van der Waals surface area contributed by atoms with E-state index in [0.717, 1.165) is 18.4 Å². The molecule has 162 valence electrons. The average Bonchev–Trinajstić information content (AvgIpc) is 3.47. The third-order valence-electron chi connectivity index (χ3n) is 5.71. The van der Waals surface area contributed by atoms with Crippen LogP contribution >= 0.6 is 0 Å². The minimum Gasteiger partial charge on any atom is -0.482 e. The van der Waals surface area contributed by atoms with E-state index < -0.39 is 0 Å². The smallest absolute Gasteiger partial charge is 0.265 e. The van der Waals surface area contributed by atoms with Crippen LogP contribution in [0.2, 0.25) is 0 Å². The van der Waals surface area contributed by atoms with Crippen molar-refractivity contribution >= 4 is 17.5 Å². The molecular formula is C23H24N2O6. The molecular weight excluding hydrogens is 400 g/mol. The largest absolute Gasteiger partial charge is 0.482 e. The summed E-state index contributed by atoms with van der Waals surface area (Å²) in [5.41, 5.74) is 1.55. The monoisotopic (exact) mass is 424 g/mol. The molecule has 3 aliphatic rings. The number of hydrogen-bond donors (Lipinski definition) is 0. The Kier molecular flexibility index (Phi) is 5.38. The first-order valence-corrected chi connectivity index (χ1v) is 10.5. The summed E-state index contributed by atoms with van der Waals surface area (Å²) in [4.78, 5) is 29.2. The molecule has 8 heteroatoms. The quantitative estimate of drug-likeness (QED) is 0.709. The lowest BCUT2D eigenvalue weighted by molar-refractivity contribution is -0.133. The number of anilines is 1. The van der Waals surface area contributed by atoms with Gasteiger partial charge in [-0.15, -0.1) is 0 Å². The Labute approximate surface area is 180 Å². The van der Waals surface area contributed by atoms with Gasteiger partial charge in [0, 0.05) is 19.7 Å². The number of ether oxygens (including phenoxy) is 4. The molecule has 0 spiro atoms. The molecule has 5 rings (SSSR count). The molecule has 0 saturated carbocycles. The molecule has 8 nitrogen and oxygen atoms in total. The van der Waals surface area contributed by atoms with Crippen molar-refractivity contribution in [3.63, 3.8) is 0 Å². The van der Waals surface area contributed by atoms with E-state index in [4.69, 9.17) is 18.9 Å². The standard InChI is InChI=1S/C23H24N2O6/c26-22(13-25-18-5-1-2-6-19(18)29-14-23(25)27)24(12-17-4-3-9-28-17)11-16-7-8-20-21(10-16)31-15-30-20/h1-2,5-8,10,17H,3-4,9,11-15H2/t17-/m1/s1. The predicted molar refractivity (Wildman–Crippen MR) is 111 cm³/mol. The van der Waals surface area contributed by atoms with Crippen molar-refractivity contribution in [1.29, 1.82) is 0 Å². The third kappa shape index (κ3) is 4.16. The number of rotatable bonds is 6. The van der Waals surface area contributed by atoms with Crippen LogP contribution < -0.4 is 19.1 Å². The van der Waals surface area contributed by atoms with E-state index in [-0.39, 0.29) is 37.9 Å². The van der Waals surface area contributed by atoms with E-state index in [1.165, 1.54) is 4.90 Å². The van der Waals surface area contributed by atoms with E-state index in [1.807, 2.05) is 30.3 Å². The van der Waals surface area contributed by atoms with Crippen LogP contribution in [0.15, 0.2) is 42.5 Å². The summed E-state index contributed by atoms with van der Waals surface area (Å²) < 4.78 is 22.1. The van der Waals surface area contributed by atoms with Crippen molar-refractivity contribution in [2.75, 3.05) is 38.0 Å². The number of para-hydroxylation sites is 2. The third-order valence-corrected chi connectivity index (χ3v) is 5.71. The number of benzene rings is 2. The molecule has 0 N–H and O–H groups in total. The first-order chi connectivity index (χ1) is 15.2. The Balaban J connectivity index is 1.36. The lowest BCUT2D eigenvalue weighted by Crippen LogP contribution is -2.47. The summed E-state index contributed by atoms with van der Waals surface area (Å²) in [6, 6.07) is 12.9. The molecule has 0 aliphatic carbocycles. The number of carbonyl (C=O) groups excluding carboxylic acids is 2. The summed E-state index contributed by atoms with van der Waals surface area (Å²) in [5.74, 6) is 1.62. The zero-order valence-corrected chi connectivity index (χ0v) is 17.1. The van der Waals surface area contributed by atoms with Gasteiger partial charge in [-0.3, -0.25) is 14.5 Å². The Morgan fingerprint density at radius 3 is 2.81 bits per heavy atom. The van der Waals surface area contributed by atoms with E-state index in [9.17, 15) is 9.59 Å². The highest BCUT2D eigenvalue weighted by atomic mass is 16.7. The van der Waals surface area contributed by atoms with E-state index >= 15 is 0 Å². The van der Waals surface area contributed by atoms with Gasteiger partial charge in [-0.2, -0.15) is 0 Å². The number of fused-ring (bicyclic) bond motifs is 2. The second kappa shape index (κ2) is 8.47. The molecule has 3 heterocycles. The Morgan fingerprint density at radius 2 is 1.94 bits per heavy atom. The van der Waals surface area contributed by atoms with Gasteiger partial charge in [0.1, 0.15) is 12.3 Å². The zero-order chi connectivity index (χ0) is 21.2. The van der Waals surface area contributed by atoms with Crippen LogP contribution in [-0.2, 0) is 20.9 Å². The highest BCUT2D eigenvalue weighted by molar-refractivity contribution is 6.02.